The van der Waals surface area contributed by atoms with Gasteiger partial charge in [-0.1, -0.05) is 36.4 Å². The van der Waals surface area contributed by atoms with Crippen molar-refractivity contribution in [2.24, 2.45) is 0 Å². The lowest BCUT2D eigenvalue weighted by molar-refractivity contribution is -0.131. The minimum Gasteiger partial charge on any atom is -0.478 e. The van der Waals surface area contributed by atoms with E-state index < -0.39 is 5.97 Å². The van der Waals surface area contributed by atoms with Crippen molar-refractivity contribution in [3.8, 4) is 0 Å². The van der Waals surface area contributed by atoms with Crippen LogP contribution in [0.25, 0.3) is 6.08 Å². The number of rotatable bonds is 6. The molecule has 0 aromatic heterocycles. The van der Waals surface area contributed by atoms with Gasteiger partial charge in [0.1, 0.15) is 6.29 Å². The number of aldehydes is 1. The normalized spacial score (nSPS) is 19.7. The zero-order valence-corrected chi connectivity index (χ0v) is 17.2. The lowest BCUT2D eigenvalue weighted by Gasteiger charge is -2.44. The van der Waals surface area contributed by atoms with Gasteiger partial charge in [0.2, 0.25) is 0 Å². The van der Waals surface area contributed by atoms with E-state index in [1.807, 2.05) is 29.2 Å². The molecule has 0 unspecified atom stereocenters. The molecule has 1 saturated heterocycles. The molecule has 3 rings (SSSR count). The van der Waals surface area contributed by atoms with Gasteiger partial charge in [-0.05, 0) is 43.2 Å². The molecule has 6 heteroatoms. The standard InChI is InChI=1S/C24H26N2O4/c1-17-13-25(24(30)22-5-3-4-21(12-22)16-27)14-18(2)26(17)15-20-8-6-19(7-9-20)10-11-23(28)29/h3-12,16-18H,13-15H2,1-2H3,(H,28,29)/t17-,18+. The third-order valence-electron chi connectivity index (χ3n) is 5.42. The van der Waals surface area contributed by atoms with Crippen LogP contribution in [0.15, 0.2) is 54.6 Å². The summed E-state index contributed by atoms with van der Waals surface area (Å²) in [6, 6.07) is 15.0. The van der Waals surface area contributed by atoms with Gasteiger partial charge in [0, 0.05) is 48.9 Å². The molecule has 2 aromatic carbocycles. The van der Waals surface area contributed by atoms with Crippen LogP contribution in [0.5, 0.6) is 0 Å². The van der Waals surface area contributed by atoms with Crippen LogP contribution in [-0.2, 0) is 11.3 Å². The van der Waals surface area contributed by atoms with E-state index in [-0.39, 0.29) is 18.0 Å². The minimum absolute atomic E-state index is 0.0494. The van der Waals surface area contributed by atoms with Crippen molar-refractivity contribution in [1.82, 2.24) is 9.80 Å². The first kappa shape index (κ1) is 21.5. The SMILES string of the molecule is C[C@@H]1CN(C(=O)c2cccc(C=O)c2)C[C@H](C)N1Cc1ccc(C=CC(=O)O)cc1. The first-order valence-electron chi connectivity index (χ1n) is 9.97. The van der Waals surface area contributed by atoms with Gasteiger partial charge in [0.25, 0.3) is 5.91 Å². The van der Waals surface area contributed by atoms with Gasteiger partial charge < -0.3 is 10.0 Å². The number of hydrogen-bond acceptors (Lipinski definition) is 4. The maximum absolute atomic E-state index is 12.9. The van der Waals surface area contributed by atoms with Crippen LogP contribution in [0.2, 0.25) is 0 Å². The van der Waals surface area contributed by atoms with E-state index in [1.54, 1.807) is 30.3 Å². The van der Waals surface area contributed by atoms with Crippen LogP contribution in [0.4, 0.5) is 0 Å². The molecule has 30 heavy (non-hydrogen) atoms. The molecule has 1 fully saturated rings. The Kier molecular flexibility index (Phi) is 6.79. The number of amides is 1. The lowest BCUT2D eigenvalue weighted by Crippen LogP contribution is -2.57. The highest BCUT2D eigenvalue weighted by Gasteiger charge is 2.32. The number of nitrogens with zero attached hydrogens (tertiary/aromatic N) is 2. The number of aliphatic carboxylic acids is 1. The van der Waals surface area contributed by atoms with E-state index in [4.69, 9.17) is 5.11 Å². The summed E-state index contributed by atoms with van der Waals surface area (Å²) >= 11 is 0. The number of carboxylic acids is 1. The smallest absolute Gasteiger partial charge is 0.328 e. The van der Waals surface area contributed by atoms with E-state index in [0.29, 0.717) is 24.2 Å². The number of piperazine rings is 1. The summed E-state index contributed by atoms with van der Waals surface area (Å²) in [6.45, 7) is 6.22. The Bertz CT molecular complexity index is 940. The highest BCUT2D eigenvalue weighted by Crippen LogP contribution is 2.21. The van der Waals surface area contributed by atoms with Crippen LogP contribution in [-0.4, -0.2) is 58.2 Å². The summed E-state index contributed by atoms with van der Waals surface area (Å²) in [5.74, 6) is -1.02. The first-order valence-corrected chi connectivity index (χ1v) is 9.97. The Morgan fingerprint density at radius 3 is 2.30 bits per heavy atom. The van der Waals surface area contributed by atoms with Crippen molar-refractivity contribution in [3.05, 3.63) is 76.9 Å². The second-order valence-corrected chi connectivity index (χ2v) is 7.74. The van der Waals surface area contributed by atoms with E-state index in [1.165, 1.54) is 0 Å². The van der Waals surface area contributed by atoms with Crippen molar-refractivity contribution in [2.45, 2.75) is 32.5 Å². The largest absolute Gasteiger partial charge is 0.478 e. The molecule has 0 spiro atoms. The maximum Gasteiger partial charge on any atom is 0.328 e. The zero-order valence-electron chi connectivity index (χ0n) is 17.2. The second kappa shape index (κ2) is 9.50. The molecule has 1 aliphatic rings. The average Bonchev–Trinajstić information content (AvgIpc) is 2.75. The fourth-order valence-electron chi connectivity index (χ4n) is 3.87. The van der Waals surface area contributed by atoms with E-state index >= 15 is 0 Å². The fraction of sp³-hybridized carbons (Fsp3) is 0.292. The fourth-order valence-corrected chi connectivity index (χ4v) is 3.87. The highest BCUT2D eigenvalue weighted by molar-refractivity contribution is 5.96. The molecule has 1 N–H and O–H groups in total. The summed E-state index contributed by atoms with van der Waals surface area (Å²) in [5.41, 5.74) is 3.02. The van der Waals surface area contributed by atoms with Crippen molar-refractivity contribution in [1.29, 1.82) is 0 Å². The van der Waals surface area contributed by atoms with Crippen molar-refractivity contribution in [3.63, 3.8) is 0 Å². The molecule has 1 aliphatic heterocycles. The van der Waals surface area contributed by atoms with Crippen LogP contribution in [0.1, 0.15) is 45.7 Å². The molecular weight excluding hydrogens is 380 g/mol. The van der Waals surface area contributed by atoms with Crippen LogP contribution < -0.4 is 0 Å². The zero-order chi connectivity index (χ0) is 21.7. The third-order valence-corrected chi connectivity index (χ3v) is 5.42. The number of carboxylic acid groups (broad SMARTS) is 1. The van der Waals surface area contributed by atoms with Gasteiger partial charge in [-0.25, -0.2) is 4.79 Å². The molecule has 0 radical (unpaired) electrons. The molecule has 0 aliphatic carbocycles. The molecule has 1 heterocycles. The maximum atomic E-state index is 12.9. The number of hydrogen-bond donors (Lipinski definition) is 1. The van der Waals surface area contributed by atoms with E-state index in [9.17, 15) is 14.4 Å². The second-order valence-electron chi connectivity index (χ2n) is 7.74. The Morgan fingerprint density at radius 2 is 1.70 bits per heavy atom. The monoisotopic (exact) mass is 406 g/mol. The molecular formula is C24H26N2O4. The lowest BCUT2D eigenvalue weighted by atomic mass is 10.0. The van der Waals surface area contributed by atoms with Crippen LogP contribution >= 0.6 is 0 Å². The summed E-state index contributed by atoms with van der Waals surface area (Å²) in [4.78, 5) is 38.8. The molecule has 0 bridgehead atoms. The summed E-state index contributed by atoms with van der Waals surface area (Å²) < 4.78 is 0. The Hall–Kier alpha value is -3.25. The van der Waals surface area contributed by atoms with Crippen LogP contribution in [0.3, 0.4) is 0 Å². The van der Waals surface area contributed by atoms with E-state index in [0.717, 1.165) is 30.0 Å². The van der Waals surface area contributed by atoms with Crippen molar-refractivity contribution >= 4 is 24.2 Å². The highest BCUT2D eigenvalue weighted by atomic mass is 16.4. The molecule has 1 amide bonds. The topological polar surface area (TPSA) is 77.9 Å². The molecule has 2 atom stereocenters. The summed E-state index contributed by atoms with van der Waals surface area (Å²) in [7, 11) is 0. The van der Waals surface area contributed by atoms with Crippen LogP contribution in [0, 0.1) is 0 Å². The summed E-state index contributed by atoms with van der Waals surface area (Å²) in [6.07, 6.45) is 3.45. The quantitative estimate of drug-likeness (QED) is 0.588. The van der Waals surface area contributed by atoms with Crippen molar-refractivity contribution < 1.29 is 19.5 Å². The Balaban J connectivity index is 1.65. The predicted octanol–water partition coefficient (Wildman–Crippen LogP) is 3.33. The number of carbonyl (C=O) groups is 3. The van der Waals surface area contributed by atoms with E-state index in [2.05, 4.69) is 18.7 Å². The summed E-state index contributed by atoms with van der Waals surface area (Å²) in [5, 5.41) is 8.73. The molecule has 0 saturated carbocycles. The number of carbonyl (C=O) groups excluding carboxylic acids is 2. The Labute approximate surface area is 176 Å². The molecule has 156 valence electrons. The minimum atomic E-state index is -0.966. The van der Waals surface area contributed by atoms with Gasteiger partial charge in [0.05, 0.1) is 0 Å². The average molecular weight is 406 g/mol. The molecule has 2 aromatic rings. The van der Waals surface area contributed by atoms with Gasteiger partial charge in [-0.3, -0.25) is 14.5 Å². The van der Waals surface area contributed by atoms with Crippen molar-refractivity contribution in [2.75, 3.05) is 13.1 Å². The van der Waals surface area contributed by atoms with Gasteiger partial charge in [-0.2, -0.15) is 0 Å². The third kappa shape index (κ3) is 5.21. The van der Waals surface area contributed by atoms with Gasteiger partial charge in [0.15, 0.2) is 0 Å². The van der Waals surface area contributed by atoms with Gasteiger partial charge >= 0.3 is 5.97 Å². The van der Waals surface area contributed by atoms with Gasteiger partial charge in [-0.15, -0.1) is 0 Å². The predicted molar refractivity (Wildman–Crippen MR) is 115 cm³/mol. The Morgan fingerprint density at radius 1 is 1.03 bits per heavy atom. The first-order chi connectivity index (χ1) is 14.4. The molecule has 6 nitrogen and oxygen atoms in total. The number of benzene rings is 2.